The summed E-state index contributed by atoms with van der Waals surface area (Å²) in [5.74, 6) is 0.131. The van der Waals surface area contributed by atoms with E-state index in [0.29, 0.717) is 6.42 Å². The van der Waals surface area contributed by atoms with Crippen molar-refractivity contribution in [3.05, 3.63) is 57.0 Å². The lowest BCUT2D eigenvalue weighted by Crippen LogP contribution is -2.02. The van der Waals surface area contributed by atoms with Crippen LogP contribution in [0.4, 0.5) is 0 Å². The molecule has 0 unspecified atom stereocenters. The van der Waals surface area contributed by atoms with Crippen molar-refractivity contribution < 1.29 is 4.79 Å². The molecule has 3 heterocycles. The fourth-order valence-corrected chi connectivity index (χ4v) is 5.30. The van der Waals surface area contributed by atoms with Crippen molar-refractivity contribution in [2.24, 2.45) is 0 Å². The van der Waals surface area contributed by atoms with Crippen LogP contribution in [0.5, 0.6) is 0 Å². The number of Topliss-reactive ketones (excluding diaryl/α,β-unsaturated/α-hetero) is 1. The van der Waals surface area contributed by atoms with Gasteiger partial charge in [0.25, 0.3) is 0 Å². The molecular formula is C19H16N2OS2. The number of carbonyl (C=O) groups is 1. The Bertz CT molecular complexity index is 1060. The Balaban J connectivity index is 1.73. The van der Waals surface area contributed by atoms with E-state index in [1.165, 1.54) is 16.9 Å². The minimum absolute atomic E-state index is 0.131. The molecule has 3 nitrogen and oxygen atoms in total. The fourth-order valence-electron chi connectivity index (χ4n) is 3.10. The van der Waals surface area contributed by atoms with Crippen molar-refractivity contribution in [1.29, 1.82) is 0 Å². The Kier molecular flexibility index (Phi) is 3.70. The van der Waals surface area contributed by atoms with Crippen molar-refractivity contribution in [1.82, 2.24) is 9.97 Å². The van der Waals surface area contributed by atoms with Crippen LogP contribution < -0.4 is 0 Å². The SMILES string of the molecule is Cc1cc(C)c2c(C)c(C(=O)Cc3nc4ccccc4s3)sc2n1. The number of ketones is 1. The van der Waals surface area contributed by atoms with Crippen molar-refractivity contribution in [2.45, 2.75) is 27.2 Å². The van der Waals surface area contributed by atoms with E-state index < -0.39 is 0 Å². The van der Waals surface area contributed by atoms with Gasteiger partial charge >= 0.3 is 0 Å². The summed E-state index contributed by atoms with van der Waals surface area (Å²) in [5, 5.41) is 2.00. The normalized spacial score (nSPS) is 11.5. The molecule has 0 atom stereocenters. The van der Waals surface area contributed by atoms with E-state index in [9.17, 15) is 4.79 Å². The van der Waals surface area contributed by atoms with Gasteiger partial charge in [-0.3, -0.25) is 4.79 Å². The lowest BCUT2D eigenvalue weighted by Gasteiger charge is -2.00. The molecule has 3 aromatic heterocycles. The van der Waals surface area contributed by atoms with Crippen molar-refractivity contribution in [3.63, 3.8) is 0 Å². The zero-order valence-corrected chi connectivity index (χ0v) is 15.3. The first-order chi connectivity index (χ1) is 11.5. The van der Waals surface area contributed by atoms with Gasteiger partial charge in [0.05, 0.1) is 21.5 Å². The highest BCUT2D eigenvalue weighted by Gasteiger charge is 2.19. The van der Waals surface area contributed by atoms with Crippen LogP contribution in [-0.2, 0) is 6.42 Å². The lowest BCUT2D eigenvalue weighted by atomic mass is 10.1. The monoisotopic (exact) mass is 352 g/mol. The van der Waals surface area contributed by atoms with E-state index in [2.05, 4.69) is 23.0 Å². The molecule has 0 aliphatic carbocycles. The highest BCUT2D eigenvalue weighted by atomic mass is 32.1. The number of aromatic nitrogens is 2. The molecular weight excluding hydrogens is 336 g/mol. The van der Waals surface area contributed by atoms with Crippen LogP contribution in [0.1, 0.15) is 31.5 Å². The largest absolute Gasteiger partial charge is 0.293 e. The number of nitrogens with zero attached hydrogens (tertiary/aromatic N) is 2. The van der Waals surface area contributed by atoms with E-state index in [4.69, 9.17) is 0 Å². The Morgan fingerprint density at radius 2 is 1.88 bits per heavy atom. The molecule has 0 fully saturated rings. The Labute approximate surface area is 148 Å². The molecule has 5 heteroatoms. The summed E-state index contributed by atoms with van der Waals surface area (Å²) >= 11 is 3.10. The zero-order chi connectivity index (χ0) is 16.8. The van der Waals surface area contributed by atoms with Gasteiger partial charge in [0, 0.05) is 11.1 Å². The van der Waals surface area contributed by atoms with Crippen molar-refractivity contribution in [2.75, 3.05) is 0 Å². The first-order valence-corrected chi connectivity index (χ1v) is 9.41. The number of hydrogen-bond donors (Lipinski definition) is 0. The second-order valence-electron chi connectivity index (χ2n) is 5.99. The van der Waals surface area contributed by atoms with Gasteiger partial charge in [-0.25, -0.2) is 9.97 Å². The third kappa shape index (κ3) is 2.54. The van der Waals surface area contributed by atoms with Crippen LogP contribution in [0.25, 0.3) is 20.4 Å². The molecule has 0 radical (unpaired) electrons. The van der Waals surface area contributed by atoms with Crippen LogP contribution >= 0.6 is 22.7 Å². The predicted molar refractivity (Wildman–Crippen MR) is 101 cm³/mol. The van der Waals surface area contributed by atoms with Gasteiger partial charge in [-0.15, -0.1) is 22.7 Å². The molecule has 0 saturated heterocycles. The molecule has 1 aromatic carbocycles. The number of fused-ring (bicyclic) bond motifs is 2. The standard InChI is InChI=1S/C19H16N2OS2/c1-10-8-11(2)20-19-17(10)12(3)18(24-19)14(22)9-16-21-13-6-4-5-7-15(13)23-16/h4-8H,9H2,1-3H3. The maximum Gasteiger partial charge on any atom is 0.179 e. The van der Waals surface area contributed by atoms with Gasteiger partial charge in [0.15, 0.2) is 5.78 Å². The Morgan fingerprint density at radius 1 is 1.08 bits per heavy atom. The number of benzene rings is 1. The summed E-state index contributed by atoms with van der Waals surface area (Å²) < 4.78 is 1.13. The molecule has 0 amide bonds. The van der Waals surface area contributed by atoms with Gasteiger partial charge in [-0.1, -0.05) is 12.1 Å². The van der Waals surface area contributed by atoms with Crippen LogP contribution in [0.3, 0.4) is 0 Å². The summed E-state index contributed by atoms with van der Waals surface area (Å²) in [6.45, 7) is 6.09. The second kappa shape index (κ2) is 5.76. The minimum Gasteiger partial charge on any atom is -0.293 e. The third-order valence-corrected chi connectivity index (χ3v) is 6.39. The maximum absolute atomic E-state index is 12.8. The molecule has 4 rings (SSSR count). The van der Waals surface area contributed by atoms with E-state index >= 15 is 0 Å². The molecule has 0 spiro atoms. The fraction of sp³-hybridized carbons (Fsp3) is 0.211. The molecule has 0 aliphatic heterocycles. The van der Waals surface area contributed by atoms with Gasteiger partial charge in [0.2, 0.25) is 0 Å². The summed E-state index contributed by atoms with van der Waals surface area (Å²) in [6, 6.07) is 10.1. The first kappa shape index (κ1) is 15.4. The van der Waals surface area contributed by atoms with E-state index in [0.717, 1.165) is 41.6 Å². The highest BCUT2D eigenvalue weighted by Crippen LogP contribution is 2.33. The average Bonchev–Trinajstić information content (AvgIpc) is 3.07. The predicted octanol–water partition coefficient (Wildman–Crippen LogP) is 5.26. The summed E-state index contributed by atoms with van der Waals surface area (Å²) in [6.07, 6.45) is 0.352. The minimum atomic E-state index is 0.131. The number of rotatable bonds is 3. The van der Waals surface area contributed by atoms with Crippen molar-refractivity contribution in [3.8, 4) is 0 Å². The number of para-hydroxylation sites is 1. The van der Waals surface area contributed by atoms with Crippen LogP contribution in [0, 0.1) is 20.8 Å². The molecule has 24 heavy (non-hydrogen) atoms. The number of thiophene rings is 1. The highest BCUT2D eigenvalue weighted by molar-refractivity contribution is 7.21. The van der Waals surface area contributed by atoms with Gasteiger partial charge in [0.1, 0.15) is 9.84 Å². The second-order valence-corrected chi connectivity index (χ2v) is 8.11. The van der Waals surface area contributed by atoms with Crippen LogP contribution in [-0.4, -0.2) is 15.8 Å². The Morgan fingerprint density at radius 3 is 2.67 bits per heavy atom. The molecule has 0 saturated carbocycles. The number of carbonyl (C=O) groups excluding carboxylic acids is 1. The van der Waals surface area contributed by atoms with Gasteiger partial charge in [-0.2, -0.15) is 0 Å². The maximum atomic E-state index is 12.8. The Hall–Kier alpha value is -2.11. The van der Waals surface area contributed by atoms with Crippen LogP contribution in [0.2, 0.25) is 0 Å². The summed E-state index contributed by atoms with van der Waals surface area (Å²) in [5.41, 5.74) is 4.19. The smallest absolute Gasteiger partial charge is 0.179 e. The average molecular weight is 352 g/mol. The molecule has 0 aliphatic rings. The number of thiazole rings is 1. The van der Waals surface area contributed by atoms with Crippen molar-refractivity contribution >= 4 is 48.9 Å². The summed E-state index contributed by atoms with van der Waals surface area (Å²) in [4.78, 5) is 23.8. The van der Waals surface area contributed by atoms with Gasteiger partial charge < -0.3 is 0 Å². The number of pyridine rings is 1. The van der Waals surface area contributed by atoms with E-state index in [1.807, 2.05) is 38.1 Å². The first-order valence-electron chi connectivity index (χ1n) is 7.78. The quantitative estimate of drug-likeness (QED) is 0.473. The lowest BCUT2D eigenvalue weighted by molar-refractivity contribution is 0.0996. The van der Waals surface area contributed by atoms with E-state index in [-0.39, 0.29) is 5.78 Å². The van der Waals surface area contributed by atoms with Crippen LogP contribution in [0.15, 0.2) is 30.3 Å². The molecule has 0 N–H and O–H groups in total. The summed E-state index contributed by atoms with van der Waals surface area (Å²) in [7, 11) is 0. The third-order valence-electron chi connectivity index (χ3n) is 4.13. The van der Waals surface area contributed by atoms with Gasteiger partial charge in [-0.05, 0) is 50.1 Å². The molecule has 0 bridgehead atoms. The molecule has 120 valence electrons. The molecule has 4 aromatic rings. The zero-order valence-electron chi connectivity index (χ0n) is 13.7. The number of hydrogen-bond acceptors (Lipinski definition) is 5. The van der Waals surface area contributed by atoms with E-state index in [1.54, 1.807) is 11.3 Å². The number of aryl methyl sites for hydroxylation is 3. The topological polar surface area (TPSA) is 42.9 Å².